The molecule has 0 aliphatic rings. The van der Waals surface area contributed by atoms with Crippen LogP contribution in [0.15, 0.2) is 24.3 Å². The molecule has 0 heterocycles. The van der Waals surface area contributed by atoms with Gasteiger partial charge in [-0.3, -0.25) is 4.90 Å². The normalized spacial score (nSPS) is 13.5. The smallest absolute Gasteiger partial charge is 0.416 e. The fourth-order valence-corrected chi connectivity index (χ4v) is 3.31. The van der Waals surface area contributed by atoms with Gasteiger partial charge in [-0.1, -0.05) is 26.0 Å². The van der Waals surface area contributed by atoms with Gasteiger partial charge in [-0.25, -0.2) is 0 Å². The van der Waals surface area contributed by atoms with Crippen LogP contribution >= 0.6 is 0 Å². The Balaban J connectivity index is 2.63. The zero-order chi connectivity index (χ0) is 19.3. The lowest BCUT2D eigenvalue weighted by molar-refractivity contribution is -0.137. The summed E-state index contributed by atoms with van der Waals surface area (Å²) >= 11 is 0. The van der Waals surface area contributed by atoms with Crippen molar-refractivity contribution >= 4 is 8.32 Å². The second-order valence-electron chi connectivity index (χ2n) is 7.74. The van der Waals surface area contributed by atoms with Crippen molar-refractivity contribution in [2.24, 2.45) is 0 Å². The first-order valence-electron chi connectivity index (χ1n) is 8.58. The van der Waals surface area contributed by atoms with E-state index in [1.807, 2.05) is 18.0 Å². The van der Waals surface area contributed by atoms with E-state index in [4.69, 9.17) is 0 Å². The summed E-state index contributed by atoms with van der Waals surface area (Å²) in [5.74, 6) is 0. The van der Waals surface area contributed by atoms with Gasteiger partial charge in [0.05, 0.1) is 12.2 Å². The van der Waals surface area contributed by atoms with Gasteiger partial charge in [-0.2, -0.15) is 13.2 Å². The third kappa shape index (κ3) is 7.09. The Labute approximate surface area is 149 Å². The molecule has 0 aromatic heterocycles. The summed E-state index contributed by atoms with van der Waals surface area (Å²) in [5.41, 5.74) is 0.138. The Kier molecular flexibility index (Phi) is 7.67. The van der Waals surface area contributed by atoms with E-state index in [1.165, 1.54) is 12.1 Å². The van der Waals surface area contributed by atoms with Gasteiger partial charge in [-0.15, -0.1) is 0 Å². The molecule has 0 unspecified atom stereocenters. The predicted molar refractivity (Wildman–Crippen MR) is 96.8 cm³/mol. The second-order valence-corrected chi connectivity index (χ2v) is 12.2. The van der Waals surface area contributed by atoms with Gasteiger partial charge in [-0.05, 0) is 55.2 Å². The number of aliphatic hydroxyl groups excluding tert-OH is 1. The fourth-order valence-electron chi connectivity index (χ4n) is 2.52. The minimum atomic E-state index is -4.32. The van der Waals surface area contributed by atoms with Gasteiger partial charge in [0.25, 0.3) is 0 Å². The molecule has 0 spiro atoms. The average Bonchev–Trinajstić information content (AvgIpc) is 2.45. The van der Waals surface area contributed by atoms with E-state index in [0.717, 1.165) is 37.1 Å². The molecule has 0 aliphatic carbocycles. The molecule has 0 aliphatic heterocycles. The molecule has 144 valence electrons. The highest BCUT2D eigenvalue weighted by atomic mass is 28.4. The molecule has 25 heavy (non-hydrogen) atoms. The predicted octanol–water partition coefficient (Wildman–Crippen LogP) is 4.26. The van der Waals surface area contributed by atoms with Crippen molar-refractivity contribution in [3.63, 3.8) is 0 Å². The first kappa shape index (κ1) is 22.1. The summed E-state index contributed by atoms with van der Waals surface area (Å²) < 4.78 is 37.9. The number of aliphatic hydroxyl groups is 1. The summed E-state index contributed by atoms with van der Waals surface area (Å²) in [6, 6.07) is 5.16. The molecule has 1 rings (SSSR count). The fraction of sp³-hybridized carbons (Fsp3) is 0.667. The van der Waals surface area contributed by atoms with Crippen molar-refractivity contribution in [3.05, 3.63) is 35.4 Å². The van der Waals surface area contributed by atoms with Crippen LogP contribution in [-0.4, -0.2) is 42.8 Å². The van der Waals surface area contributed by atoms with Gasteiger partial charge < -0.3 is 9.90 Å². The van der Waals surface area contributed by atoms with Crippen LogP contribution in [0, 0.1) is 0 Å². The lowest BCUT2D eigenvalue weighted by Gasteiger charge is -2.35. The zero-order valence-corrected chi connectivity index (χ0v) is 16.5. The van der Waals surface area contributed by atoms with E-state index in [9.17, 15) is 23.1 Å². The van der Waals surface area contributed by atoms with Crippen molar-refractivity contribution in [3.8, 4) is 0 Å². The number of nitrogens with zero attached hydrogens (tertiary/aromatic N) is 1. The zero-order valence-electron chi connectivity index (χ0n) is 15.5. The number of hydrogen-bond donors (Lipinski definition) is 2. The lowest BCUT2D eigenvalue weighted by atomic mass is 10.1. The van der Waals surface area contributed by atoms with E-state index in [0.29, 0.717) is 13.1 Å². The van der Waals surface area contributed by atoms with Crippen LogP contribution < -0.4 is 0 Å². The topological polar surface area (TPSA) is 43.7 Å². The molecule has 0 fully saturated rings. The highest BCUT2D eigenvalue weighted by molar-refractivity contribution is 6.72. The summed E-state index contributed by atoms with van der Waals surface area (Å²) in [6.45, 7) is 9.72. The molecular weight excluding hydrogens is 347 g/mol. The monoisotopic (exact) mass is 377 g/mol. The molecule has 2 N–H and O–H groups in total. The van der Waals surface area contributed by atoms with E-state index in [2.05, 4.69) is 13.8 Å². The second kappa shape index (κ2) is 8.66. The van der Waals surface area contributed by atoms with Crippen LogP contribution in [0.1, 0.15) is 37.8 Å². The van der Waals surface area contributed by atoms with E-state index < -0.39 is 20.1 Å². The van der Waals surface area contributed by atoms with Gasteiger partial charge in [0.2, 0.25) is 0 Å². The minimum Gasteiger partial charge on any atom is -0.432 e. The molecule has 7 heteroatoms. The summed E-state index contributed by atoms with van der Waals surface area (Å²) in [6.07, 6.45) is -2.59. The number of halogens is 3. The maximum absolute atomic E-state index is 12.6. The maximum atomic E-state index is 12.6. The molecular formula is C18H30F3NO2Si. The van der Waals surface area contributed by atoms with Gasteiger partial charge in [0.1, 0.15) is 0 Å². The first-order chi connectivity index (χ1) is 11.4. The molecule has 0 saturated carbocycles. The van der Waals surface area contributed by atoms with Crippen LogP contribution in [0.25, 0.3) is 0 Å². The minimum absolute atomic E-state index is 0.00424. The molecule has 0 radical (unpaired) electrons. The van der Waals surface area contributed by atoms with Crippen molar-refractivity contribution in [1.29, 1.82) is 0 Å². The largest absolute Gasteiger partial charge is 0.432 e. The number of hydrogen-bond acceptors (Lipinski definition) is 3. The van der Waals surface area contributed by atoms with E-state index in [1.54, 1.807) is 0 Å². The van der Waals surface area contributed by atoms with Crippen LogP contribution in [0.3, 0.4) is 0 Å². The molecule has 0 bridgehead atoms. The quantitative estimate of drug-likeness (QED) is 0.632. The Morgan fingerprint density at radius 1 is 1.04 bits per heavy atom. The van der Waals surface area contributed by atoms with Gasteiger partial charge in [0.15, 0.2) is 8.32 Å². The molecule has 0 amide bonds. The van der Waals surface area contributed by atoms with Crippen LogP contribution in [-0.2, 0) is 12.7 Å². The summed E-state index contributed by atoms with van der Waals surface area (Å²) in [5, 5.41) is 9.13. The maximum Gasteiger partial charge on any atom is 0.416 e. The molecule has 3 nitrogen and oxygen atoms in total. The Hall–Kier alpha value is -0.893. The van der Waals surface area contributed by atoms with Crippen LogP contribution in [0.4, 0.5) is 13.2 Å². The van der Waals surface area contributed by atoms with Gasteiger partial charge in [0, 0.05) is 13.1 Å². The van der Waals surface area contributed by atoms with Crippen LogP contribution in [0.2, 0.25) is 18.1 Å². The Bertz CT molecular complexity index is 525. The lowest BCUT2D eigenvalue weighted by Crippen LogP contribution is -2.39. The molecule has 0 saturated heterocycles. The standard InChI is InChI=1S/C18H30F3NO2Si/c1-17(2,25(3,4)24)10-5-11-22(12-13-23)14-15-6-8-16(9-7-15)18(19,20)21/h6-9,23-24H,5,10-14H2,1-4H3. The average molecular weight is 378 g/mol. The van der Waals surface area contributed by atoms with E-state index >= 15 is 0 Å². The highest BCUT2D eigenvalue weighted by Gasteiger charge is 2.37. The summed E-state index contributed by atoms with van der Waals surface area (Å²) in [7, 11) is -2.25. The Morgan fingerprint density at radius 2 is 1.60 bits per heavy atom. The van der Waals surface area contributed by atoms with Crippen LogP contribution in [0.5, 0.6) is 0 Å². The van der Waals surface area contributed by atoms with Crippen molar-refractivity contribution < 1.29 is 23.1 Å². The number of benzene rings is 1. The highest BCUT2D eigenvalue weighted by Crippen LogP contribution is 2.39. The molecule has 1 aromatic rings. The van der Waals surface area contributed by atoms with Crippen molar-refractivity contribution in [1.82, 2.24) is 4.90 Å². The SMILES string of the molecule is CC(C)(CCCN(CCO)Cc1ccc(C(F)(F)F)cc1)[Si](C)(C)O. The summed E-state index contributed by atoms with van der Waals surface area (Å²) in [4.78, 5) is 12.4. The van der Waals surface area contributed by atoms with E-state index in [-0.39, 0.29) is 11.6 Å². The Morgan fingerprint density at radius 3 is 2.04 bits per heavy atom. The third-order valence-electron chi connectivity index (χ3n) is 5.04. The number of rotatable bonds is 9. The first-order valence-corrected chi connectivity index (χ1v) is 11.5. The molecule has 0 atom stereocenters. The number of alkyl halides is 3. The van der Waals surface area contributed by atoms with Crippen molar-refractivity contribution in [2.75, 3.05) is 19.7 Å². The van der Waals surface area contributed by atoms with Crippen molar-refractivity contribution in [2.45, 2.75) is 57.5 Å². The molecule has 1 aromatic carbocycles. The van der Waals surface area contributed by atoms with Gasteiger partial charge >= 0.3 is 6.18 Å². The third-order valence-corrected chi connectivity index (χ3v) is 8.60.